The van der Waals surface area contributed by atoms with Gasteiger partial charge in [-0.1, -0.05) is 6.07 Å². The quantitative estimate of drug-likeness (QED) is 0.757. The van der Waals surface area contributed by atoms with Crippen LogP contribution in [0.5, 0.6) is 0 Å². The Labute approximate surface area is 86.5 Å². The van der Waals surface area contributed by atoms with Gasteiger partial charge in [-0.15, -0.1) is 0 Å². The molecule has 0 radical (unpaired) electrons. The van der Waals surface area contributed by atoms with E-state index in [4.69, 9.17) is 4.74 Å². The molecule has 0 bridgehead atoms. The third-order valence-electron chi connectivity index (χ3n) is 2.14. The van der Waals surface area contributed by atoms with Crippen LogP contribution in [0, 0.1) is 5.92 Å². The van der Waals surface area contributed by atoms with Crippen molar-refractivity contribution < 1.29 is 4.74 Å². The normalized spacial score (nSPS) is 16.1. The molecule has 1 fully saturated rings. The lowest BCUT2D eigenvalue weighted by Crippen LogP contribution is -1.98. The van der Waals surface area contributed by atoms with Crippen molar-refractivity contribution in [1.29, 1.82) is 0 Å². The number of pyridine rings is 1. The summed E-state index contributed by atoms with van der Waals surface area (Å²) in [6.45, 7) is 1.58. The van der Waals surface area contributed by atoms with Gasteiger partial charge in [0.2, 0.25) is 0 Å². The number of halogens is 1. The number of hydrogen-bond acceptors (Lipinski definition) is 2. The fourth-order valence-electron chi connectivity index (χ4n) is 1.15. The van der Waals surface area contributed by atoms with Gasteiger partial charge in [0.05, 0.1) is 6.61 Å². The molecule has 0 aromatic carbocycles. The second-order valence-corrected chi connectivity index (χ2v) is 4.16. The molecule has 0 unspecified atom stereocenters. The van der Waals surface area contributed by atoms with Crippen molar-refractivity contribution in [3.63, 3.8) is 0 Å². The maximum Gasteiger partial charge on any atom is 0.111 e. The SMILES string of the molecule is Brc1ncccc1COCC1CC1. The highest BCUT2D eigenvalue weighted by Gasteiger charge is 2.21. The first-order valence-corrected chi connectivity index (χ1v) is 5.32. The van der Waals surface area contributed by atoms with Gasteiger partial charge in [-0.3, -0.25) is 0 Å². The molecule has 70 valence electrons. The standard InChI is InChI=1S/C10H12BrNO/c11-10-9(2-1-5-12-10)7-13-6-8-3-4-8/h1-2,5,8H,3-4,6-7H2. The average molecular weight is 242 g/mol. The molecule has 0 saturated heterocycles. The Morgan fingerprint density at radius 1 is 1.54 bits per heavy atom. The molecule has 1 aliphatic carbocycles. The van der Waals surface area contributed by atoms with Crippen molar-refractivity contribution in [2.45, 2.75) is 19.4 Å². The van der Waals surface area contributed by atoms with E-state index in [0.29, 0.717) is 6.61 Å². The largest absolute Gasteiger partial charge is 0.376 e. The summed E-state index contributed by atoms with van der Waals surface area (Å²) in [5.41, 5.74) is 1.13. The number of aromatic nitrogens is 1. The van der Waals surface area contributed by atoms with Gasteiger partial charge in [0.15, 0.2) is 0 Å². The van der Waals surface area contributed by atoms with Gasteiger partial charge in [-0.2, -0.15) is 0 Å². The zero-order valence-corrected chi connectivity index (χ0v) is 8.96. The summed E-state index contributed by atoms with van der Waals surface area (Å²) in [6.07, 6.45) is 4.46. The third kappa shape index (κ3) is 2.78. The van der Waals surface area contributed by atoms with Crippen LogP contribution in [0.4, 0.5) is 0 Å². The summed E-state index contributed by atoms with van der Waals surface area (Å²) >= 11 is 3.39. The molecule has 0 atom stereocenters. The Balaban J connectivity index is 1.82. The Kier molecular flexibility index (Phi) is 2.96. The average Bonchev–Trinajstić information content (AvgIpc) is 2.92. The van der Waals surface area contributed by atoms with E-state index in [-0.39, 0.29) is 0 Å². The van der Waals surface area contributed by atoms with Gasteiger partial charge in [0.1, 0.15) is 4.60 Å². The summed E-state index contributed by atoms with van der Waals surface area (Å²) in [4.78, 5) is 4.13. The Morgan fingerprint density at radius 3 is 3.08 bits per heavy atom. The van der Waals surface area contributed by atoms with E-state index in [1.165, 1.54) is 12.8 Å². The Hall–Kier alpha value is -0.410. The van der Waals surface area contributed by atoms with Crippen LogP contribution in [0.1, 0.15) is 18.4 Å². The van der Waals surface area contributed by atoms with Gasteiger partial charge in [0, 0.05) is 18.4 Å². The van der Waals surface area contributed by atoms with Crippen LogP contribution < -0.4 is 0 Å². The molecule has 2 rings (SSSR count). The van der Waals surface area contributed by atoms with Crippen molar-refractivity contribution in [3.05, 3.63) is 28.5 Å². The van der Waals surface area contributed by atoms with Crippen LogP contribution >= 0.6 is 15.9 Å². The lowest BCUT2D eigenvalue weighted by atomic mass is 10.3. The Bertz CT molecular complexity index is 286. The predicted octanol–water partition coefficient (Wildman–Crippen LogP) is 2.77. The third-order valence-corrected chi connectivity index (χ3v) is 2.86. The lowest BCUT2D eigenvalue weighted by molar-refractivity contribution is 0.110. The van der Waals surface area contributed by atoms with Crippen LogP contribution in [0.15, 0.2) is 22.9 Å². The van der Waals surface area contributed by atoms with Crippen molar-refractivity contribution in [2.24, 2.45) is 5.92 Å². The molecule has 1 aromatic heterocycles. The van der Waals surface area contributed by atoms with E-state index in [0.717, 1.165) is 22.7 Å². The van der Waals surface area contributed by atoms with Crippen molar-refractivity contribution >= 4 is 15.9 Å². The van der Waals surface area contributed by atoms with Gasteiger partial charge < -0.3 is 4.74 Å². The summed E-state index contributed by atoms with van der Waals surface area (Å²) in [6, 6.07) is 3.96. The van der Waals surface area contributed by atoms with Crippen LogP contribution in [0.3, 0.4) is 0 Å². The molecule has 0 N–H and O–H groups in total. The predicted molar refractivity (Wildman–Crippen MR) is 54.3 cm³/mol. The fraction of sp³-hybridized carbons (Fsp3) is 0.500. The summed E-state index contributed by atoms with van der Waals surface area (Å²) < 4.78 is 6.45. The fourth-order valence-corrected chi connectivity index (χ4v) is 1.51. The topological polar surface area (TPSA) is 22.1 Å². The maximum atomic E-state index is 5.55. The zero-order valence-electron chi connectivity index (χ0n) is 7.37. The van der Waals surface area contributed by atoms with Crippen molar-refractivity contribution in [1.82, 2.24) is 4.98 Å². The number of hydrogen-bond donors (Lipinski definition) is 0. The molecule has 1 heterocycles. The molecule has 2 nitrogen and oxygen atoms in total. The highest BCUT2D eigenvalue weighted by molar-refractivity contribution is 9.10. The second kappa shape index (κ2) is 4.20. The van der Waals surface area contributed by atoms with E-state index < -0.39 is 0 Å². The first-order chi connectivity index (χ1) is 6.36. The van der Waals surface area contributed by atoms with E-state index >= 15 is 0 Å². The van der Waals surface area contributed by atoms with Crippen LogP contribution in [-0.4, -0.2) is 11.6 Å². The maximum absolute atomic E-state index is 5.55. The summed E-state index contributed by atoms with van der Waals surface area (Å²) in [5.74, 6) is 0.829. The minimum absolute atomic E-state index is 0.672. The monoisotopic (exact) mass is 241 g/mol. The Morgan fingerprint density at radius 2 is 2.38 bits per heavy atom. The molecule has 1 aromatic rings. The van der Waals surface area contributed by atoms with Crippen LogP contribution in [0.25, 0.3) is 0 Å². The highest BCUT2D eigenvalue weighted by Crippen LogP contribution is 2.29. The molecule has 1 aliphatic rings. The van der Waals surface area contributed by atoms with Crippen LogP contribution in [-0.2, 0) is 11.3 Å². The number of rotatable bonds is 4. The zero-order chi connectivity index (χ0) is 9.10. The molecule has 13 heavy (non-hydrogen) atoms. The number of nitrogens with zero attached hydrogens (tertiary/aromatic N) is 1. The molecule has 0 aliphatic heterocycles. The molecule has 1 saturated carbocycles. The van der Waals surface area contributed by atoms with Gasteiger partial charge in [0.25, 0.3) is 0 Å². The van der Waals surface area contributed by atoms with E-state index in [9.17, 15) is 0 Å². The molecular formula is C10H12BrNO. The van der Waals surface area contributed by atoms with E-state index in [2.05, 4.69) is 20.9 Å². The minimum Gasteiger partial charge on any atom is -0.376 e. The minimum atomic E-state index is 0.672. The highest BCUT2D eigenvalue weighted by atomic mass is 79.9. The lowest BCUT2D eigenvalue weighted by Gasteiger charge is -2.04. The molecular weight excluding hydrogens is 230 g/mol. The summed E-state index contributed by atoms with van der Waals surface area (Å²) in [7, 11) is 0. The van der Waals surface area contributed by atoms with E-state index in [1.54, 1.807) is 6.20 Å². The first kappa shape index (κ1) is 9.16. The smallest absolute Gasteiger partial charge is 0.111 e. The molecule has 3 heteroatoms. The van der Waals surface area contributed by atoms with Gasteiger partial charge >= 0.3 is 0 Å². The molecule has 0 amide bonds. The van der Waals surface area contributed by atoms with E-state index in [1.807, 2.05) is 12.1 Å². The van der Waals surface area contributed by atoms with Gasteiger partial charge in [-0.05, 0) is 40.8 Å². The number of ether oxygens (including phenoxy) is 1. The first-order valence-electron chi connectivity index (χ1n) is 4.53. The second-order valence-electron chi connectivity index (χ2n) is 3.41. The van der Waals surface area contributed by atoms with Gasteiger partial charge in [-0.25, -0.2) is 4.98 Å². The molecule has 0 spiro atoms. The van der Waals surface area contributed by atoms with Crippen molar-refractivity contribution in [3.8, 4) is 0 Å². The van der Waals surface area contributed by atoms with Crippen molar-refractivity contribution in [2.75, 3.05) is 6.61 Å². The van der Waals surface area contributed by atoms with Crippen LogP contribution in [0.2, 0.25) is 0 Å². The summed E-state index contributed by atoms with van der Waals surface area (Å²) in [5, 5.41) is 0.